The number of rotatable bonds is 52. The molecule has 0 saturated heterocycles. The molecule has 0 amide bonds. The van der Waals surface area contributed by atoms with Crippen molar-refractivity contribution in [3.05, 3.63) is 60.8 Å². The largest absolute Gasteiger partial charge is 0.462 e. The molecule has 0 aliphatic carbocycles. The van der Waals surface area contributed by atoms with Crippen molar-refractivity contribution in [3.63, 3.8) is 0 Å². The molecule has 6 nitrogen and oxygen atoms in total. The fourth-order valence-corrected chi connectivity index (χ4v) is 8.19. The van der Waals surface area contributed by atoms with Crippen LogP contribution in [-0.2, 0) is 28.6 Å². The van der Waals surface area contributed by atoms with Gasteiger partial charge in [-0.05, 0) is 83.5 Å². The Bertz CT molecular complexity index is 1210. The Morgan fingerprint density at radius 3 is 0.955 bits per heavy atom. The van der Waals surface area contributed by atoms with Crippen LogP contribution in [0.4, 0.5) is 0 Å². The molecule has 6 heteroatoms. The molecule has 0 bridgehead atoms. The van der Waals surface area contributed by atoms with Crippen LogP contribution in [0.15, 0.2) is 60.8 Å². The van der Waals surface area contributed by atoms with E-state index in [1.54, 1.807) is 0 Å². The van der Waals surface area contributed by atoms with Crippen LogP contribution in [0.25, 0.3) is 0 Å². The molecule has 0 spiro atoms. The van der Waals surface area contributed by atoms with Crippen LogP contribution in [0.3, 0.4) is 0 Å². The van der Waals surface area contributed by atoms with Crippen LogP contribution < -0.4 is 0 Å². The fraction of sp³-hybridized carbons (Fsp3) is 0.787. The summed E-state index contributed by atoms with van der Waals surface area (Å²) >= 11 is 0. The highest BCUT2D eigenvalue weighted by atomic mass is 16.6. The van der Waals surface area contributed by atoms with Gasteiger partial charge in [0.2, 0.25) is 0 Å². The summed E-state index contributed by atoms with van der Waals surface area (Å²) in [4.78, 5) is 38.1. The van der Waals surface area contributed by atoms with Gasteiger partial charge < -0.3 is 14.2 Å². The van der Waals surface area contributed by atoms with Gasteiger partial charge >= 0.3 is 17.9 Å². The van der Waals surface area contributed by atoms with E-state index in [-0.39, 0.29) is 31.1 Å². The molecule has 1 unspecified atom stereocenters. The molecule has 0 N–H and O–H groups in total. The highest BCUT2D eigenvalue weighted by Crippen LogP contribution is 2.16. The topological polar surface area (TPSA) is 78.9 Å². The highest BCUT2D eigenvalue weighted by molar-refractivity contribution is 5.71. The van der Waals surface area contributed by atoms with Crippen molar-refractivity contribution in [2.24, 2.45) is 0 Å². The maximum atomic E-state index is 12.8. The lowest BCUT2D eigenvalue weighted by molar-refractivity contribution is -0.167. The first-order chi connectivity index (χ1) is 33.0. The Balaban J connectivity index is 4.33. The van der Waals surface area contributed by atoms with E-state index >= 15 is 0 Å². The number of esters is 3. The van der Waals surface area contributed by atoms with Crippen molar-refractivity contribution in [2.45, 2.75) is 297 Å². The number of hydrogen-bond acceptors (Lipinski definition) is 6. The first-order valence-corrected chi connectivity index (χ1v) is 28.8. The molecule has 388 valence electrons. The van der Waals surface area contributed by atoms with Crippen LogP contribution in [-0.4, -0.2) is 37.2 Å². The summed E-state index contributed by atoms with van der Waals surface area (Å²) in [6, 6.07) is 0. The summed E-state index contributed by atoms with van der Waals surface area (Å²) in [7, 11) is 0. The lowest BCUT2D eigenvalue weighted by atomic mass is 10.0. The number of ether oxygens (including phenoxy) is 3. The van der Waals surface area contributed by atoms with Crippen LogP contribution in [0.2, 0.25) is 0 Å². The minimum absolute atomic E-state index is 0.0785. The van der Waals surface area contributed by atoms with Gasteiger partial charge in [-0.25, -0.2) is 0 Å². The molecule has 0 heterocycles. The Morgan fingerprint density at radius 2 is 0.582 bits per heavy atom. The maximum Gasteiger partial charge on any atom is 0.306 e. The SMILES string of the molecule is CC/C=C\C/C=C\C/C=C\C/C=C\CCCCCCCCCCC(=O)OCC(COC(=O)CCCCCCC/C=C\CCCCC)OC(=O)CCCCCCCCCCCCCCCCCC. The van der Waals surface area contributed by atoms with Gasteiger partial charge in [-0.2, -0.15) is 0 Å². The van der Waals surface area contributed by atoms with Gasteiger partial charge in [0.05, 0.1) is 0 Å². The average molecular weight is 938 g/mol. The third-order valence-electron chi connectivity index (χ3n) is 12.5. The normalized spacial score (nSPS) is 12.5. The number of carbonyl (C=O) groups excluding carboxylic acids is 3. The Labute approximate surface area is 415 Å². The summed E-state index contributed by atoms with van der Waals surface area (Å²) in [5.74, 6) is -0.882. The summed E-state index contributed by atoms with van der Waals surface area (Å²) < 4.78 is 16.9. The van der Waals surface area contributed by atoms with Gasteiger partial charge in [-0.15, -0.1) is 0 Å². The van der Waals surface area contributed by atoms with Crippen LogP contribution in [0.1, 0.15) is 290 Å². The summed E-state index contributed by atoms with van der Waals surface area (Å²) in [5.41, 5.74) is 0. The third-order valence-corrected chi connectivity index (χ3v) is 12.5. The minimum atomic E-state index is -0.778. The molecular formula is C61H108O6. The molecule has 0 radical (unpaired) electrons. The second kappa shape index (κ2) is 55.7. The molecule has 0 aromatic carbocycles. The van der Waals surface area contributed by atoms with Crippen LogP contribution in [0.5, 0.6) is 0 Å². The lowest BCUT2D eigenvalue weighted by Gasteiger charge is -2.18. The predicted octanol–water partition coefficient (Wildman–Crippen LogP) is 19.2. The molecule has 67 heavy (non-hydrogen) atoms. The van der Waals surface area contributed by atoms with E-state index in [1.165, 1.54) is 154 Å². The molecule has 1 atom stereocenters. The van der Waals surface area contributed by atoms with E-state index in [4.69, 9.17) is 14.2 Å². The zero-order chi connectivity index (χ0) is 48.6. The van der Waals surface area contributed by atoms with Crippen molar-refractivity contribution in [3.8, 4) is 0 Å². The van der Waals surface area contributed by atoms with Crippen molar-refractivity contribution in [2.75, 3.05) is 13.2 Å². The van der Waals surface area contributed by atoms with Gasteiger partial charge in [0.15, 0.2) is 6.10 Å². The zero-order valence-corrected chi connectivity index (χ0v) is 44.4. The first kappa shape index (κ1) is 64.1. The number of carbonyl (C=O) groups is 3. The molecule has 0 fully saturated rings. The lowest BCUT2D eigenvalue weighted by Crippen LogP contribution is -2.30. The van der Waals surface area contributed by atoms with Crippen LogP contribution in [0, 0.1) is 0 Å². The Hall–Kier alpha value is -2.89. The van der Waals surface area contributed by atoms with E-state index in [0.717, 1.165) is 96.3 Å². The van der Waals surface area contributed by atoms with Crippen molar-refractivity contribution < 1.29 is 28.6 Å². The summed E-state index contributed by atoms with van der Waals surface area (Å²) in [6.45, 7) is 6.52. The Kier molecular flexibility index (Phi) is 53.3. The van der Waals surface area contributed by atoms with Gasteiger partial charge in [-0.3, -0.25) is 14.4 Å². The predicted molar refractivity (Wildman–Crippen MR) is 288 cm³/mol. The second-order valence-electron chi connectivity index (χ2n) is 19.2. The molecule has 0 aromatic heterocycles. The third kappa shape index (κ3) is 53.9. The monoisotopic (exact) mass is 937 g/mol. The van der Waals surface area contributed by atoms with E-state index in [1.807, 2.05) is 0 Å². The first-order valence-electron chi connectivity index (χ1n) is 28.8. The van der Waals surface area contributed by atoms with E-state index in [9.17, 15) is 14.4 Å². The molecule has 0 rings (SSSR count). The van der Waals surface area contributed by atoms with E-state index in [0.29, 0.717) is 19.3 Å². The zero-order valence-electron chi connectivity index (χ0n) is 44.4. The van der Waals surface area contributed by atoms with Gasteiger partial charge in [0, 0.05) is 19.3 Å². The molecular weight excluding hydrogens is 829 g/mol. The smallest absolute Gasteiger partial charge is 0.306 e. The number of allylic oxidation sites excluding steroid dienone is 10. The van der Waals surface area contributed by atoms with Crippen molar-refractivity contribution in [1.82, 2.24) is 0 Å². The highest BCUT2D eigenvalue weighted by Gasteiger charge is 2.19. The van der Waals surface area contributed by atoms with Gasteiger partial charge in [-0.1, -0.05) is 248 Å². The standard InChI is InChI=1S/C61H108O6/c1-4-7-10-13-16-19-22-25-27-29-30-31-32-33-35-36-39-42-45-48-51-54-60(63)66-57-58(56-65-59(62)53-50-47-44-41-38-24-21-18-15-12-9-6-3)67-61(64)55-52-49-46-43-40-37-34-28-26-23-20-17-14-11-8-5-2/h7,10,16,18-19,21,25,27,30-31,58H,4-6,8-9,11-15,17,20,22-24,26,28-29,32-57H2,1-3H3/b10-7-,19-16-,21-18-,27-25-,31-30-. The second-order valence-corrected chi connectivity index (χ2v) is 19.2. The van der Waals surface area contributed by atoms with E-state index in [2.05, 4.69) is 81.5 Å². The number of unbranched alkanes of at least 4 members (excludes halogenated alkanes) is 31. The average Bonchev–Trinajstić information content (AvgIpc) is 3.33. The Morgan fingerprint density at radius 1 is 0.313 bits per heavy atom. The van der Waals surface area contributed by atoms with Crippen molar-refractivity contribution >= 4 is 17.9 Å². The number of hydrogen-bond donors (Lipinski definition) is 0. The summed E-state index contributed by atoms with van der Waals surface area (Å²) in [5, 5.41) is 0. The quantitative estimate of drug-likeness (QED) is 0.0262. The maximum absolute atomic E-state index is 12.8. The van der Waals surface area contributed by atoms with E-state index < -0.39 is 6.10 Å². The molecule has 0 saturated carbocycles. The van der Waals surface area contributed by atoms with Crippen LogP contribution >= 0.6 is 0 Å². The summed E-state index contributed by atoms with van der Waals surface area (Å²) in [6.07, 6.45) is 69.2. The van der Waals surface area contributed by atoms with Gasteiger partial charge in [0.1, 0.15) is 13.2 Å². The minimum Gasteiger partial charge on any atom is -0.462 e. The fourth-order valence-electron chi connectivity index (χ4n) is 8.19. The van der Waals surface area contributed by atoms with Crippen molar-refractivity contribution in [1.29, 1.82) is 0 Å². The molecule has 0 aromatic rings. The molecule has 0 aliphatic rings. The van der Waals surface area contributed by atoms with Gasteiger partial charge in [0.25, 0.3) is 0 Å². The molecule has 0 aliphatic heterocycles.